The van der Waals surface area contributed by atoms with Gasteiger partial charge in [-0.1, -0.05) is 42.5 Å². The molecule has 2 N–H and O–H groups in total. The molecule has 5 heteroatoms. The number of nitrogens with one attached hydrogen (secondary N) is 1. The predicted octanol–water partition coefficient (Wildman–Crippen LogP) is 3.42. The molecule has 3 aromatic carbocycles. The molecular formula is C23H21NO4. The monoisotopic (exact) mass is 375 g/mol. The molecule has 4 rings (SSSR count). The van der Waals surface area contributed by atoms with E-state index in [0.717, 1.165) is 5.56 Å². The van der Waals surface area contributed by atoms with Crippen molar-refractivity contribution in [2.75, 3.05) is 14.2 Å². The number of fused-ring (bicyclic) bond motifs is 1. The second-order valence-electron chi connectivity index (χ2n) is 6.72. The minimum Gasteiger partial charge on any atom is -0.497 e. The van der Waals surface area contributed by atoms with E-state index >= 15 is 0 Å². The molecule has 0 bridgehead atoms. The summed E-state index contributed by atoms with van der Waals surface area (Å²) in [6.07, 6.45) is 0. The third-order valence-corrected chi connectivity index (χ3v) is 5.25. The fourth-order valence-electron chi connectivity index (χ4n) is 3.77. The SMILES string of the molecule is COc1ccc([C@H]2NC(=O)c3ccccc3[C@@]2(O)c2ccc(OC)cc2)cc1. The Kier molecular flexibility index (Phi) is 4.53. The average molecular weight is 375 g/mol. The van der Waals surface area contributed by atoms with Gasteiger partial charge in [0.2, 0.25) is 0 Å². The topological polar surface area (TPSA) is 67.8 Å². The van der Waals surface area contributed by atoms with Crippen LogP contribution < -0.4 is 14.8 Å². The summed E-state index contributed by atoms with van der Waals surface area (Å²) >= 11 is 0. The second-order valence-corrected chi connectivity index (χ2v) is 6.72. The quantitative estimate of drug-likeness (QED) is 0.733. The number of methoxy groups -OCH3 is 2. The van der Waals surface area contributed by atoms with Gasteiger partial charge in [0.25, 0.3) is 5.91 Å². The normalized spacial score (nSPS) is 20.8. The van der Waals surface area contributed by atoms with Crippen LogP contribution in [-0.4, -0.2) is 25.2 Å². The van der Waals surface area contributed by atoms with E-state index in [1.165, 1.54) is 0 Å². The number of benzene rings is 3. The van der Waals surface area contributed by atoms with E-state index in [1.54, 1.807) is 44.6 Å². The maximum Gasteiger partial charge on any atom is 0.252 e. The maximum atomic E-state index is 12.7. The summed E-state index contributed by atoms with van der Waals surface area (Å²) in [7, 11) is 3.20. The Bertz CT molecular complexity index is 998. The van der Waals surface area contributed by atoms with Crippen LogP contribution in [-0.2, 0) is 5.60 Å². The summed E-state index contributed by atoms with van der Waals surface area (Å²) in [5, 5.41) is 15.0. The lowest BCUT2D eigenvalue weighted by molar-refractivity contribution is 0.0256. The third kappa shape index (κ3) is 2.80. The standard InChI is InChI=1S/C23H21NO4/c1-27-17-11-7-15(8-12-17)21-23(26,16-9-13-18(28-2)14-10-16)20-6-4-3-5-19(20)22(25)24-21/h3-14,21,26H,1-2H3,(H,24,25)/t21-,23+/m1/s1. The Balaban J connectivity index is 1.91. The number of hydrogen-bond donors (Lipinski definition) is 2. The lowest BCUT2D eigenvalue weighted by atomic mass is 9.73. The molecule has 0 fully saturated rings. The van der Waals surface area contributed by atoms with Crippen LogP contribution in [0.25, 0.3) is 0 Å². The van der Waals surface area contributed by atoms with Crippen molar-refractivity contribution in [3.8, 4) is 11.5 Å². The molecule has 0 saturated heterocycles. The van der Waals surface area contributed by atoms with Gasteiger partial charge in [0, 0.05) is 11.1 Å². The van der Waals surface area contributed by atoms with E-state index in [-0.39, 0.29) is 5.91 Å². The minimum absolute atomic E-state index is 0.213. The van der Waals surface area contributed by atoms with E-state index in [1.807, 2.05) is 42.5 Å². The molecule has 3 aromatic rings. The van der Waals surface area contributed by atoms with Gasteiger partial charge in [-0.3, -0.25) is 4.79 Å². The van der Waals surface area contributed by atoms with Crippen LogP contribution in [0.2, 0.25) is 0 Å². The highest BCUT2D eigenvalue weighted by Crippen LogP contribution is 2.45. The first-order valence-corrected chi connectivity index (χ1v) is 8.99. The molecule has 1 amide bonds. The van der Waals surface area contributed by atoms with E-state index in [2.05, 4.69) is 5.32 Å². The molecule has 5 nitrogen and oxygen atoms in total. The van der Waals surface area contributed by atoms with Crippen molar-refractivity contribution in [1.29, 1.82) is 0 Å². The van der Waals surface area contributed by atoms with Crippen molar-refractivity contribution in [1.82, 2.24) is 5.32 Å². The van der Waals surface area contributed by atoms with Crippen molar-refractivity contribution >= 4 is 5.91 Å². The van der Waals surface area contributed by atoms with Crippen molar-refractivity contribution in [2.45, 2.75) is 11.6 Å². The Morgan fingerprint density at radius 1 is 0.857 bits per heavy atom. The fraction of sp³-hybridized carbons (Fsp3) is 0.174. The highest BCUT2D eigenvalue weighted by molar-refractivity contribution is 5.98. The first-order valence-electron chi connectivity index (χ1n) is 8.99. The molecule has 142 valence electrons. The van der Waals surface area contributed by atoms with Crippen molar-refractivity contribution in [3.05, 3.63) is 95.1 Å². The van der Waals surface area contributed by atoms with Crippen LogP contribution in [0.4, 0.5) is 0 Å². The van der Waals surface area contributed by atoms with Gasteiger partial charge in [0.1, 0.15) is 17.1 Å². The zero-order valence-electron chi connectivity index (χ0n) is 15.7. The fourth-order valence-corrected chi connectivity index (χ4v) is 3.77. The first-order chi connectivity index (χ1) is 13.6. The number of carbonyl (C=O) groups is 1. The van der Waals surface area contributed by atoms with Crippen LogP contribution in [0.15, 0.2) is 72.8 Å². The summed E-state index contributed by atoms with van der Waals surface area (Å²) in [5.74, 6) is 1.19. The molecule has 1 heterocycles. The Morgan fingerprint density at radius 2 is 1.43 bits per heavy atom. The summed E-state index contributed by atoms with van der Waals surface area (Å²) in [4.78, 5) is 12.7. The average Bonchev–Trinajstić information content (AvgIpc) is 2.76. The summed E-state index contributed by atoms with van der Waals surface area (Å²) in [6, 6.07) is 21.1. The summed E-state index contributed by atoms with van der Waals surface area (Å²) in [5.41, 5.74) is 1.05. The molecule has 0 aromatic heterocycles. The highest BCUT2D eigenvalue weighted by atomic mass is 16.5. The number of amides is 1. The third-order valence-electron chi connectivity index (χ3n) is 5.25. The van der Waals surface area contributed by atoms with Crippen LogP contribution >= 0.6 is 0 Å². The molecule has 2 atom stereocenters. The van der Waals surface area contributed by atoms with Gasteiger partial charge in [-0.2, -0.15) is 0 Å². The van der Waals surface area contributed by atoms with Gasteiger partial charge >= 0.3 is 0 Å². The molecule has 28 heavy (non-hydrogen) atoms. The van der Waals surface area contributed by atoms with Crippen molar-refractivity contribution in [2.24, 2.45) is 0 Å². The molecule has 0 saturated carbocycles. The molecule has 1 aliphatic heterocycles. The molecule has 0 radical (unpaired) electrons. The maximum absolute atomic E-state index is 12.7. The number of carbonyl (C=O) groups excluding carboxylic acids is 1. The van der Waals surface area contributed by atoms with Crippen LogP contribution in [0.1, 0.15) is 33.1 Å². The number of ether oxygens (including phenoxy) is 2. The number of hydrogen-bond acceptors (Lipinski definition) is 4. The lowest BCUT2D eigenvalue weighted by Gasteiger charge is -2.42. The smallest absolute Gasteiger partial charge is 0.252 e. The number of rotatable bonds is 4. The van der Waals surface area contributed by atoms with Gasteiger partial charge in [0.15, 0.2) is 0 Å². The summed E-state index contributed by atoms with van der Waals surface area (Å²) in [6.45, 7) is 0. The van der Waals surface area contributed by atoms with Gasteiger partial charge in [-0.05, 0) is 41.5 Å². The molecule has 0 unspecified atom stereocenters. The Morgan fingerprint density at radius 3 is 2.04 bits per heavy atom. The van der Waals surface area contributed by atoms with Crippen molar-refractivity contribution in [3.63, 3.8) is 0 Å². The lowest BCUT2D eigenvalue weighted by Crippen LogP contribution is -2.50. The Hall–Kier alpha value is -3.31. The molecule has 0 spiro atoms. The van der Waals surface area contributed by atoms with E-state index in [0.29, 0.717) is 28.2 Å². The minimum atomic E-state index is -1.44. The van der Waals surface area contributed by atoms with Crippen LogP contribution in [0, 0.1) is 0 Å². The van der Waals surface area contributed by atoms with E-state index in [9.17, 15) is 9.90 Å². The zero-order chi connectivity index (χ0) is 19.7. The Labute approximate surface area is 163 Å². The van der Waals surface area contributed by atoms with Crippen LogP contribution in [0.5, 0.6) is 11.5 Å². The van der Waals surface area contributed by atoms with Gasteiger partial charge in [0.05, 0.1) is 20.3 Å². The summed E-state index contributed by atoms with van der Waals surface area (Å²) < 4.78 is 10.5. The van der Waals surface area contributed by atoms with Gasteiger partial charge in [-0.25, -0.2) is 0 Å². The predicted molar refractivity (Wildman–Crippen MR) is 106 cm³/mol. The van der Waals surface area contributed by atoms with Crippen LogP contribution in [0.3, 0.4) is 0 Å². The first kappa shape index (κ1) is 18.1. The van der Waals surface area contributed by atoms with Gasteiger partial charge in [-0.15, -0.1) is 0 Å². The largest absolute Gasteiger partial charge is 0.497 e. The molecule has 1 aliphatic rings. The van der Waals surface area contributed by atoms with E-state index in [4.69, 9.17) is 9.47 Å². The van der Waals surface area contributed by atoms with Crippen molar-refractivity contribution < 1.29 is 19.4 Å². The zero-order valence-corrected chi connectivity index (χ0v) is 15.7. The highest BCUT2D eigenvalue weighted by Gasteiger charge is 2.47. The molecular weight excluding hydrogens is 354 g/mol. The van der Waals surface area contributed by atoms with Gasteiger partial charge < -0.3 is 19.9 Å². The number of aliphatic hydroxyl groups is 1. The molecule has 0 aliphatic carbocycles. The van der Waals surface area contributed by atoms with E-state index < -0.39 is 11.6 Å². The second kappa shape index (κ2) is 7.02.